The average molecular weight is 346 g/mol. The van der Waals surface area contributed by atoms with Gasteiger partial charge in [0.25, 0.3) is 0 Å². The lowest BCUT2D eigenvalue weighted by Crippen LogP contribution is -2.47. The first-order valence-corrected chi connectivity index (χ1v) is 8.45. The van der Waals surface area contributed by atoms with Crippen molar-refractivity contribution in [2.24, 2.45) is 7.05 Å². The molecule has 8 heteroatoms. The molecule has 134 valence electrons. The molecule has 0 bridgehead atoms. The second kappa shape index (κ2) is 7.50. The first kappa shape index (κ1) is 17.2. The summed E-state index contributed by atoms with van der Waals surface area (Å²) in [5, 5.41) is 14.0. The highest BCUT2D eigenvalue weighted by Gasteiger charge is 2.25. The summed E-state index contributed by atoms with van der Waals surface area (Å²) in [4.78, 5) is 14.2. The number of rotatable bonds is 4. The van der Waals surface area contributed by atoms with Crippen LogP contribution in [0.2, 0.25) is 0 Å². The Morgan fingerprint density at radius 1 is 1.32 bits per heavy atom. The lowest BCUT2D eigenvalue weighted by atomic mass is 10.0. The molecule has 1 saturated heterocycles. The van der Waals surface area contributed by atoms with Gasteiger partial charge in [0.15, 0.2) is 5.82 Å². The number of urea groups is 1. The van der Waals surface area contributed by atoms with Crippen LogP contribution in [0.25, 0.3) is 0 Å². The Labute approximate surface area is 146 Å². The van der Waals surface area contributed by atoms with Crippen molar-refractivity contribution in [1.29, 1.82) is 0 Å². The Hall–Kier alpha value is -2.64. The largest absolute Gasteiger partial charge is 0.380 e. The average Bonchev–Trinajstić information content (AvgIpc) is 3.03. The molecule has 0 unspecified atom stereocenters. The standard InChI is InChI=1S/C17H23FN6O/c1-12(16-22-19-11-23(16)2)20-17(25)24-9-7-13(8-10-24)21-15-6-4-3-5-14(15)18/h3-6,11-13,21H,7-10H2,1-2H3,(H,20,25)/t12-/m0/s1. The van der Waals surface area contributed by atoms with E-state index < -0.39 is 0 Å². The van der Waals surface area contributed by atoms with Crippen molar-refractivity contribution >= 4 is 11.7 Å². The second-order valence-corrected chi connectivity index (χ2v) is 6.36. The number of hydrogen-bond acceptors (Lipinski definition) is 4. The fourth-order valence-electron chi connectivity index (χ4n) is 3.05. The molecular formula is C17H23FN6O. The molecule has 2 aromatic rings. The molecule has 2 N–H and O–H groups in total. The summed E-state index contributed by atoms with van der Waals surface area (Å²) in [5.41, 5.74) is 0.515. The number of para-hydroxylation sites is 1. The Balaban J connectivity index is 1.49. The number of carbonyl (C=O) groups is 1. The Morgan fingerprint density at radius 3 is 2.68 bits per heavy atom. The molecule has 2 heterocycles. The molecule has 1 aromatic heterocycles. The van der Waals surface area contributed by atoms with E-state index in [1.54, 1.807) is 27.9 Å². The molecule has 0 spiro atoms. The SMILES string of the molecule is C[C@H](NC(=O)N1CCC(Nc2ccccc2F)CC1)c1nncn1C. The van der Waals surface area contributed by atoms with Gasteiger partial charge >= 0.3 is 6.03 Å². The smallest absolute Gasteiger partial charge is 0.317 e. The number of hydrogen-bond donors (Lipinski definition) is 2. The van der Waals surface area contributed by atoms with Gasteiger partial charge in [-0.15, -0.1) is 10.2 Å². The number of anilines is 1. The number of piperidine rings is 1. The summed E-state index contributed by atoms with van der Waals surface area (Å²) in [5.74, 6) is 0.463. The van der Waals surface area contributed by atoms with Crippen molar-refractivity contribution in [3.8, 4) is 0 Å². The monoisotopic (exact) mass is 346 g/mol. The predicted molar refractivity (Wildman–Crippen MR) is 92.6 cm³/mol. The summed E-state index contributed by atoms with van der Waals surface area (Å²) in [6, 6.07) is 6.50. The summed E-state index contributed by atoms with van der Waals surface area (Å²) in [6.45, 7) is 3.14. The van der Waals surface area contributed by atoms with E-state index >= 15 is 0 Å². The number of likely N-dealkylation sites (tertiary alicyclic amines) is 1. The highest BCUT2D eigenvalue weighted by Crippen LogP contribution is 2.19. The quantitative estimate of drug-likeness (QED) is 0.891. The van der Waals surface area contributed by atoms with Gasteiger partial charge in [-0.1, -0.05) is 12.1 Å². The maximum absolute atomic E-state index is 13.7. The number of aromatic nitrogens is 3. The highest BCUT2D eigenvalue weighted by atomic mass is 19.1. The van der Waals surface area contributed by atoms with Crippen molar-refractivity contribution in [3.63, 3.8) is 0 Å². The Morgan fingerprint density at radius 2 is 2.04 bits per heavy atom. The van der Waals surface area contributed by atoms with Crippen molar-refractivity contribution in [2.45, 2.75) is 31.8 Å². The number of benzene rings is 1. The fraction of sp³-hybridized carbons (Fsp3) is 0.471. The van der Waals surface area contributed by atoms with Gasteiger partial charge < -0.3 is 20.1 Å². The first-order valence-electron chi connectivity index (χ1n) is 8.45. The lowest BCUT2D eigenvalue weighted by Gasteiger charge is -2.33. The zero-order chi connectivity index (χ0) is 17.8. The molecule has 0 radical (unpaired) electrons. The minimum Gasteiger partial charge on any atom is -0.380 e. The van der Waals surface area contributed by atoms with Gasteiger partial charge in [-0.2, -0.15) is 0 Å². The number of aryl methyl sites for hydroxylation is 1. The molecule has 1 fully saturated rings. The van der Waals surface area contributed by atoms with Crippen LogP contribution >= 0.6 is 0 Å². The molecule has 25 heavy (non-hydrogen) atoms. The van der Waals surface area contributed by atoms with Crippen LogP contribution in [0.15, 0.2) is 30.6 Å². The van der Waals surface area contributed by atoms with Crippen LogP contribution in [0.3, 0.4) is 0 Å². The zero-order valence-electron chi connectivity index (χ0n) is 14.4. The molecule has 1 aliphatic rings. The number of halogens is 1. The minimum atomic E-state index is -0.250. The van der Waals surface area contributed by atoms with Gasteiger partial charge in [-0.05, 0) is 31.9 Å². The van der Waals surface area contributed by atoms with Crippen LogP contribution in [-0.2, 0) is 7.05 Å². The molecule has 1 aliphatic heterocycles. The zero-order valence-corrected chi connectivity index (χ0v) is 14.4. The molecule has 3 rings (SSSR count). The normalized spacial score (nSPS) is 16.5. The van der Waals surface area contributed by atoms with Crippen LogP contribution in [0.1, 0.15) is 31.6 Å². The van der Waals surface area contributed by atoms with E-state index in [0.29, 0.717) is 24.6 Å². The van der Waals surface area contributed by atoms with E-state index in [1.807, 2.05) is 20.0 Å². The second-order valence-electron chi connectivity index (χ2n) is 6.36. The van der Waals surface area contributed by atoms with Crippen molar-refractivity contribution in [3.05, 3.63) is 42.2 Å². The minimum absolute atomic E-state index is 0.111. The predicted octanol–water partition coefficient (Wildman–Crippen LogP) is 2.30. The van der Waals surface area contributed by atoms with Crippen LogP contribution in [0.5, 0.6) is 0 Å². The molecule has 0 aliphatic carbocycles. The third-order valence-corrected chi connectivity index (χ3v) is 4.49. The van der Waals surface area contributed by atoms with Crippen LogP contribution in [0, 0.1) is 5.82 Å². The summed E-state index contributed by atoms with van der Waals surface area (Å²) >= 11 is 0. The molecular weight excluding hydrogens is 323 g/mol. The van der Waals surface area contributed by atoms with Gasteiger partial charge in [0, 0.05) is 26.2 Å². The first-order chi connectivity index (χ1) is 12.0. The van der Waals surface area contributed by atoms with Crippen LogP contribution in [-0.4, -0.2) is 44.8 Å². The van der Waals surface area contributed by atoms with Crippen molar-refractivity contribution in [1.82, 2.24) is 25.0 Å². The van der Waals surface area contributed by atoms with Gasteiger partial charge in [-0.3, -0.25) is 0 Å². The summed E-state index contributed by atoms with van der Waals surface area (Å²) in [6.07, 6.45) is 3.16. The Bertz CT molecular complexity index is 725. The topological polar surface area (TPSA) is 75.1 Å². The maximum atomic E-state index is 13.7. The lowest BCUT2D eigenvalue weighted by molar-refractivity contribution is 0.180. The van der Waals surface area contributed by atoms with E-state index in [9.17, 15) is 9.18 Å². The summed E-state index contributed by atoms with van der Waals surface area (Å²) in [7, 11) is 1.85. The van der Waals surface area contributed by atoms with E-state index in [0.717, 1.165) is 12.8 Å². The van der Waals surface area contributed by atoms with Gasteiger partial charge in [0.1, 0.15) is 12.1 Å². The number of amides is 2. The Kier molecular flexibility index (Phi) is 5.16. The van der Waals surface area contributed by atoms with Crippen molar-refractivity contribution < 1.29 is 9.18 Å². The van der Waals surface area contributed by atoms with Crippen LogP contribution < -0.4 is 10.6 Å². The molecule has 1 atom stereocenters. The number of carbonyl (C=O) groups excluding carboxylic acids is 1. The van der Waals surface area contributed by atoms with E-state index in [4.69, 9.17) is 0 Å². The third kappa shape index (κ3) is 4.07. The summed E-state index contributed by atoms with van der Waals surface area (Å²) < 4.78 is 15.5. The fourth-order valence-corrected chi connectivity index (χ4v) is 3.05. The van der Waals surface area contributed by atoms with Gasteiger partial charge in [-0.25, -0.2) is 9.18 Å². The molecule has 7 nitrogen and oxygen atoms in total. The van der Waals surface area contributed by atoms with Gasteiger partial charge in [0.05, 0.1) is 11.7 Å². The van der Waals surface area contributed by atoms with Gasteiger partial charge in [0.2, 0.25) is 0 Å². The molecule has 0 saturated carbocycles. The number of nitrogens with zero attached hydrogens (tertiary/aromatic N) is 4. The van der Waals surface area contributed by atoms with E-state index in [2.05, 4.69) is 20.8 Å². The van der Waals surface area contributed by atoms with Crippen LogP contribution in [0.4, 0.5) is 14.9 Å². The van der Waals surface area contributed by atoms with E-state index in [1.165, 1.54) is 6.07 Å². The maximum Gasteiger partial charge on any atom is 0.317 e. The highest BCUT2D eigenvalue weighted by molar-refractivity contribution is 5.74. The van der Waals surface area contributed by atoms with E-state index in [-0.39, 0.29) is 23.9 Å². The van der Waals surface area contributed by atoms with Crippen molar-refractivity contribution in [2.75, 3.05) is 18.4 Å². The molecule has 2 amide bonds. The third-order valence-electron chi connectivity index (χ3n) is 4.49. The number of nitrogens with one attached hydrogen (secondary N) is 2. The molecule has 1 aromatic carbocycles.